The SMILES string of the molecule is CC(=O)N1C[C@H](F)C[C@H]1C(=O)NC(c1ccc2cn(C)nc2c1)c1ccc(C(C)C)c(F)n1. The number of aromatic nitrogens is 3. The van der Waals surface area contributed by atoms with E-state index in [1.165, 1.54) is 11.8 Å². The van der Waals surface area contributed by atoms with Gasteiger partial charge < -0.3 is 10.2 Å². The molecule has 0 aliphatic carbocycles. The third kappa shape index (κ3) is 4.58. The van der Waals surface area contributed by atoms with E-state index in [1.54, 1.807) is 16.8 Å². The lowest BCUT2D eigenvalue weighted by atomic mass is 9.99. The number of fused-ring (bicyclic) bond motifs is 1. The Morgan fingerprint density at radius 2 is 1.97 bits per heavy atom. The highest BCUT2D eigenvalue weighted by Crippen LogP contribution is 2.28. The molecule has 1 aromatic carbocycles. The number of nitrogens with zero attached hydrogens (tertiary/aromatic N) is 4. The Morgan fingerprint density at radius 3 is 2.64 bits per heavy atom. The smallest absolute Gasteiger partial charge is 0.243 e. The van der Waals surface area contributed by atoms with Gasteiger partial charge in [-0.15, -0.1) is 0 Å². The number of alkyl halides is 1. The standard InChI is InChI=1S/C24H27F2N5O2/c1-13(2)18-7-8-19(27-23(18)26)22(15-5-6-16-11-30(4)29-20(16)9-15)28-24(33)21-10-17(25)12-31(21)14(3)32/h5-9,11,13,17,21-22H,10,12H2,1-4H3,(H,28,33)/t17-,21+,22?/m1/s1. The summed E-state index contributed by atoms with van der Waals surface area (Å²) in [5, 5.41) is 8.21. The largest absolute Gasteiger partial charge is 0.342 e. The third-order valence-corrected chi connectivity index (χ3v) is 6.04. The number of hydrogen-bond acceptors (Lipinski definition) is 4. The van der Waals surface area contributed by atoms with Gasteiger partial charge in [0.05, 0.1) is 23.8 Å². The zero-order chi connectivity index (χ0) is 23.9. The molecule has 0 saturated carbocycles. The molecule has 174 valence electrons. The van der Waals surface area contributed by atoms with Gasteiger partial charge in [-0.05, 0) is 23.6 Å². The number of benzene rings is 1. The Kier molecular flexibility index (Phi) is 6.14. The summed E-state index contributed by atoms with van der Waals surface area (Å²) in [6, 6.07) is 7.11. The highest BCUT2D eigenvalue weighted by Gasteiger charge is 2.39. The minimum Gasteiger partial charge on any atom is -0.342 e. The van der Waals surface area contributed by atoms with E-state index in [0.29, 0.717) is 22.3 Å². The zero-order valence-corrected chi connectivity index (χ0v) is 19.0. The molecule has 3 heterocycles. The first kappa shape index (κ1) is 22.8. The molecule has 1 saturated heterocycles. The average molecular weight is 456 g/mol. The van der Waals surface area contributed by atoms with Crippen LogP contribution in [0.3, 0.4) is 0 Å². The Bertz CT molecular complexity index is 1210. The van der Waals surface area contributed by atoms with Gasteiger partial charge in [0, 0.05) is 37.5 Å². The number of rotatable bonds is 5. The second kappa shape index (κ2) is 8.88. The molecule has 1 aliphatic heterocycles. The maximum atomic E-state index is 14.7. The number of amides is 2. The van der Waals surface area contributed by atoms with Crippen LogP contribution in [-0.4, -0.2) is 50.2 Å². The summed E-state index contributed by atoms with van der Waals surface area (Å²) in [6.07, 6.45) is 0.520. The molecular formula is C24H27F2N5O2. The Labute approximate surface area is 190 Å². The lowest BCUT2D eigenvalue weighted by Gasteiger charge is -2.26. The van der Waals surface area contributed by atoms with Crippen LogP contribution in [0.4, 0.5) is 8.78 Å². The van der Waals surface area contributed by atoms with Gasteiger partial charge in [0.15, 0.2) is 0 Å². The number of carbonyl (C=O) groups is 2. The third-order valence-electron chi connectivity index (χ3n) is 6.04. The minimum atomic E-state index is -1.27. The summed E-state index contributed by atoms with van der Waals surface area (Å²) in [7, 11) is 1.81. The van der Waals surface area contributed by atoms with Crippen molar-refractivity contribution in [2.75, 3.05) is 6.54 Å². The lowest BCUT2D eigenvalue weighted by Crippen LogP contribution is -2.46. The average Bonchev–Trinajstić information content (AvgIpc) is 3.32. The van der Waals surface area contributed by atoms with Gasteiger partial charge in [0.2, 0.25) is 17.8 Å². The van der Waals surface area contributed by atoms with Crippen LogP contribution in [0.15, 0.2) is 36.5 Å². The van der Waals surface area contributed by atoms with Gasteiger partial charge >= 0.3 is 0 Å². The lowest BCUT2D eigenvalue weighted by molar-refractivity contribution is -0.137. The molecule has 2 amide bonds. The van der Waals surface area contributed by atoms with Crippen molar-refractivity contribution in [3.63, 3.8) is 0 Å². The van der Waals surface area contributed by atoms with Crippen molar-refractivity contribution in [3.05, 3.63) is 59.3 Å². The van der Waals surface area contributed by atoms with Crippen LogP contribution >= 0.6 is 0 Å². The molecule has 0 spiro atoms. The quantitative estimate of drug-likeness (QED) is 0.598. The molecule has 4 rings (SSSR count). The number of likely N-dealkylation sites (tertiary alicyclic amines) is 1. The van der Waals surface area contributed by atoms with Gasteiger partial charge in [-0.25, -0.2) is 9.37 Å². The first-order valence-corrected chi connectivity index (χ1v) is 10.9. The van der Waals surface area contributed by atoms with E-state index in [-0.39, 0.29) is 24.8 Å². The topological polar surface area (TPSA) is 80.1 Å². The monoisotopic (exact) mass is 455 g/mol. The van der Waals surface area contributed by atoms with E-state index in [4.69, 9.17) is 0 Å². The van der Waals surface area contributed by atoms with E-state index in [2.05, 4.69) is 15.4 Å². The molecule has 3 aromatic rings. The van der Waals surface area contributed by atoms with Gasteiger partial charge in [-0.2, -0.15) is 9.49 Å². The summed E-state index contributed by atoms with van der Waals surface area (Å²) in [5.41, 5.74) is 2.15. The van der Waals surface area contributed by atoms with Gasteiger partial charge in [-0.3, -0.25) is 14.3 Å². The fourth-order valence-electron chi connectivity index (χ4n) is 4.33. The highest BCUT2D eigenvalue weighted by molar-refractivity contribution is 5.88. The maximum absolute atomic E-state index is 14.7. The second-order valence-corrected chi connectivity index (χ2v) is 8.85. The van der Waals surface area contributed by atoms with E-state index in [1.807, 2.05) is 45.3 Å². The van der Waals surface area contributed by atoms with Crippen molar-refractivity contribution in [1.29, 1.82) is 0 Å². The molecule has 3 atom stereocenters. The van der Waals surface area contributed by atoms with Crippen LogP contribution < -0.4 is 5.32 Å². The molecule has 33 heavy (non-hydrogen) atoms. The predicted octanol–water partition coefficient (Wildman–Crippen LogP) is 3.40. The molecule has 0 bridgehead atoms. The molecular weight excluding hydrogens is 428 g/mol. The number of carbonyl (C=O) groups excluding carboxylic acids is 2. The summed E-state index contributed by atoms with van der Waals surface area (Å²) in [5.74, 6) is -1.52. The first-order valence-electron chi connectivity index (χ1n) is 10.9. The minimum absolute atomic E-state index is 0.0476. The number of hydrogen-bond donors (Lipinski definition) is 1. The summed E-state index contributed by atoms with van der Waals surface area (Å²) < 4.78 is 30.5. The molecule has 7 nitrogen and oxygen atoms in total. The van der Waals surface area contributed by atoms with Gasteiger partial charge in [0.25, 0.3) is 0 Å². The van der Waals surface area contributed by atoms with Crippen LogP contribution in [0.5, 0.6) is 0 Å². The van der Waals surface area contributed by atoms with E-state index < -0.39 is 30.1 Å². The van der Waals surface area contributed by atoms with Crippen molar-refractivity contribution < 1.29 is 18.4 Å². The predicted molar refractivity (Wildman–Crippen MR) is 120 cm³/mol. The van der Waals surface area contributed by atoms with E-state index in [9.17, 15) is 18.4 Å². The summed E-state index contributed by atoms with van der Waals surface area (Å²) in [6.45, 7) is 4.94. The summed E-state index contributed by atoms with van der Waals surface area (Å²) >= 11 is 0. The van der Waals surface area contributed by atoms with Crippen molar-refractivity contribution in [3.8, 4) is 0 Å². The number of pyridine rings is 1. The second-order valence-electron chi connectivity index (χ2n) is 8.85. The fourth-order valence-corrected chi connectivity index (χ4v) is 4.33. The van der Waals surface area contributed by atoms with Crippen LogP contribution in [-0.2, 0) is 16.6 Å². The highest BCUT2D eigenvalue weighted by atomic mass is 19.1. The van der Waals surface area contributed by atoms with Crippen LogP contribution in [0.25, 0.3) is 10.9 Å². The van der Waals surface area contributed by atoms with Crippen molar-refractivity contribution in [1.82, 2.24) is 25.0 Å². The molecule has 1 fully saturated rings. The number of nitrogens with one attached hydrogen (secondary N) is 1. The van der Waals surface area contributed by atoms with Crippen LogP contribution in [0.2, 0.25) is 0 Å². The van der Waals surface area contributed by atoms with Gasteiger partial charge in [0.1, 0.15) is 12.2 Å². The Morgan fingerprint density at radius 1 is 1.21 bits per heavy atom. The maximum Gasteiger partial charge on any atom is 0.243 e. The summed E-state index contributed by atoms with van der Waals surface area (Å²) in [4.78, 5) is 30.5. The first-order chi connectivity index (χ1) is 15.6. The van der Waals surface area contributed by atoms with Crippen molar-refractivity contribution >= 4 is 22.7 Å². The number of halogens is 2. The van der Waals surface area contributed by atoms with Crippen molar-refractivity contribution in [2.45, 2.75) is 51.4 Å². The van der Waals surface area contributed by atoms with E-state index in [0.717, 1.165) is 5.39 Å². The van der Waals surface area contributed by atoms with Crippen LogP contribution in [0, 0.1) is 5.95 Å². The van der Waals surface area contributed by atoms with E-state index >= 15 is 0 Å². The number of aryl methyl sites for hydroxylation is 1. The normalized spacial score (nSPS) is 19.3. The Balaban J connectivity index is 1.73. The van der Waals surface area contributed by atoms with Crippen molar-refractivity contribution in [2.24, 2.45) is 7.05 Å². The molecule has 0 radical (unpaired) electrons. The molecule has 1 N–H and O–H groups in total. The molecule has 2 aromatic heterocycles. The fraction of sp³-hybridized carbons (Fsp3) is 0.417. The molecule has 1 aliphatic rings. The molecule has 9 heteroatoms. The zero-order valence-electron chi connectivity index (χ0n) is 19.0. The molecule has 1 unspecified atom stereocenters. The Hall–Kier alpha value is -3.36. The van der Waals surface area contributed by atoms with Crippen LogP contribution in [0.1, 0.15) is 56.0 Å². The van der Waals surface area contributed by atoms with Gasteiger partial charge in [-0.1, -0.05) is 32.0 Å².